The summed E-state index contributed by atoms with van der Waals surface area (Å²) in [7, 11) is 0. The summed E-state index contributed by atoms with van der Waals surface area (Å²) in [6.45, 7) is 7.07. The maximum Gasteiger partial charge on any atom is 0.407 e. The number of ketones is 1. The first-order valence-corrected chi connectivity index (χ1v) is 7.87. The first-order chi connectivity index (χ1) is 10.4. The smallest absolute Gasteiger partial charge is 0.407 e. The van der Waals surface area contributed by atoms with Gasteiger partial charge < -0.3 is 10.1 Å². The molecule has 1 aliphatic carbocycles. The standard InChI is InChI=1S/C18H25NO3/c1-13-15(16(20)9-10-18(13,2)3)11-19-17(21)22-12-14-7-5-4-6-8-14/h4-8,13,15H,9-12H2,1-3H3,(H,19,21)/t13-,15+/m0/s1. The predicted octanol–water partition coefficient (Wildman–Crippen LogP) is 3.55. The zero-order valence-corrected chi connectivity index (χ0v) is 13.6. The molecule has 1 aromatic rings. The van der Waals surface area contributed by atoms with Crippen molar-refractivity contribution in [3.05, 3.63) is 35.9 Å². The normalized spacial score (nSPS) is 23.9. The summed E-state index contributed by atoms with van der Waals surface area (Å²) in [5.41, 5.74) is 1.08. The molecule has 4 nitrogen and oxygen atoms in total. The van der Waals surface area contributed by atoms with E-state index in [1.165, 1.54) is 0 Å². The quantitative estimate of drug-likeness (QED) is 0.925. The van der Waals surface area contributed by atoms with Crippen molar-refractivity contribution in [3.63, 3.8) is 0 Å². The molecule has 0 bridgehead atoms. The van der Waals surface area contributed by atoms with Crippen molar-refractivity contribution in [2.75, 3.05) is 6.54 Å². The minimum Gasteiger partial charge on any atom is -0.445 e. The lowest BCUT2D eigenvalue weighted by Crippen LogP contribution is -2.44. The average molecular weight is 303 g/mol. The molecule has 0 unspecified atom stereocenters. The Morgan fingerprint density at radius 1 is 1.32 bits per heavy atom. The van der Waals surface area contributed by atoms with Gasteiger partial charge in [-0.3, -0.25) is 4.79 Å². The Labute approximate surface area is 132 Å². The van der Waals surface area contributed by atoms with E-state index in [2.05, 4.69) is 26.1 Å². The van der Waals surface area contributed by atoms with Crippen LogP contribution in [-0.4, -0.2) is 18.4 Å². The number of carbonyl (C=O) groups excluding carboxylic acids is 2. The lowest BCUT2D eigenvalue weighted by molar-refractivity contribution is -0.130. The van der Waals surface area contributed by atoms with Crippen LogP contribution in [0.25, 0.3) is 0 Å². The zero-order chi connectivity index (χ0) is 16.2. The van der Waals surface area contributed by atoms with Crippen molar-refractivity contribution in [2.24, 2.45) is 17.3 Å². The van der Waals surface area contributed by atoms with E-state index in [9.17, 15) is 9.59 Å². The minimum absolute atomic E-state index is 0.118. The van der Waals surface area contributed by atoms with Gasteiger partial charge in [-0.05, 0) is 23.3 Å². The highest BCUT2D eigenvalue weighted by molar-refractivity contribution is 5.83. The molecule has 1 fully saturated rings. The largest absolute Gasteiger partial charge is 0.445 e. The lowest BCUT2D eigenvalue weighted by atomic mass is 9.64. The van der Waals surface area contributed by atoms with Crippen molar-refractivity contribution in [3.8, 4) is 0 Å². The van der Waals surface area contributed by atoms with E-state index in [0.717, 1.165) is 12.0 Å². The summed E-state index contributed by atoms with van der Waals surface area (Å²) in [5.74, 6) is 0.381. The summed E-state index contributed by atoms with van der Waals surface area (Å²) in [4.78, 5) is 23.9. The lowest BCUT2D eigenvalue weighted by Gasteiger charge is -2.41. The third-order valence-corrected chi connectivity index (χ3v) is 4.94. The second kappa shape index (κ2) is 6.95. The van der Waals surface area contributed by atoms with Crippen LogP contribution in [0.1, 0.15) is 39.2 Å². The van der Waals surface area contributed by atoms with Crippen LogP contribution in [-0.2, 0) is 16.1 Å². The molecule has 1 aliphatic rings. The SMILES string of the molecule is C[C@H]1[C@@H](CNC(=O)OCc2ccccc2)C(=O)CCC1(C)C. The Hall–Kier alpha value is -1.84. The monoisotopic (exact) mass is 303 g/mol. The van der Waals surface area contributed by atoms with Gasteiger partial charge in [0.05, 0.1) is 0 Å². The number of carbonyl (C=O) groups is 2. The second-order valence-corrected chi connectivity index (χ2v) is 6.79. The molecule has 22 heavy (non-hydrogen) atoms. The zero-order valence-electron chi connectivity index (χ0n) is 13.6. The van der Waals surface area contributed by atoms with E-state index in [4.69, 9.17) is 4.74 Å². The van der Waals surface area contributed by atoms with Gasteiger partial charge in [-0.2, -0.15) is 0 Å². The Bertz CT molecular complexity index is 524. The molecular formula is C18H25NO3. The summed E-state index contributed by atoms with van der Waals surface area (Å²) in [5, 5.41) is 2.74. The molecule has 0 aromatic heterocycles. The van der Waals surface area contributed by atoms with Gasteiger partial charge in [0.1, 0.15) is 12.4 Å². The molecular weight excluding hydrogens is 278 g/mol. The number of Topliss-reactive ketones (excluding diaryl/α,β-unsaturated/α-hetero) is 1. The molecule has 120 valence electrons. The highest BCUT2D eigenvalue weighted by atomic mass is 16.5. The number of rotatable bonds is 4. The first-order valence-electron chi connectivity index (χ1n) is 7.87. The molecule has 1 saturated carbocycles. The Morgan fingerprint density at radius 2 is 2.00 bits per heavy atom. The second-order valence-electron chi connectivity index (χ2n) is 6.79. The molecule has 0 radical (unpaired) electrons. The Kier molecular flexibility index (Phi) is 5.22. The van der Waals surface area contributed by atoms with E-state index < -0.39 is 6.09 Å². The van der Waals surface area contributed by atoms with E-state index in [1.54, 1.807) is 0 Å². The van der Waals surface area contributed by atoms with Gasteiger partial charge in [0.15, 0.2) is 0 Å². The van der Waals surface area contributed by atoms with E-state index in [0.29, 0.717) is 13.0 Å². The number of hydrogen-bond acceptors (Lipinski definition) is 3. The van der Waals surface area contributed by atoms with Crippen LogP contribution in [0.4, 0.5) is 4.79 Å². The first kappa shape index (κ1) is 16.5. The van der Waals surface area contributed by atoms with Crippen LogP contribution in [0.2, 0.25) is 0 Å². The fraction of sp³-hybridized carbons (Fsp3) is 0.556. The minimum atomic E-state index is -0.466. The number of hydrogen-bond donors (Lipinski definition) is 1. The highest BCUT2D eigenvalue weighted by Gasteiger charge is 2.40. The van der Waals surface area contributed by atoms with Crippen molar-refractivity contribution in [1.29, 1.82) is 0 Å². The summed E-state index contributed by atoms with van der Waals surface area (Å²) in [6.07, 6.45) is 1.05. The molecule has 1 N–H and O–H groups in total. The number of benzene rings is 1. The van der Waals surface area contributed by atoms with Crippen molar-refractivity contribution < 1.29 is 14.3 Å². The van der Waals surface area contributed by atoms with Gasteiger partial charge in [0.25, 0.3) is 0 Å². The molecule has 0 spiro atoms. The Balaban J connectivity index is 1.81. The van der Waals surface area contributed by atoms with Crippen LogP contribution in [0.15, 0.2) is 30.3 Å². The van der Waals surface area contributed by atoms with Crippen LogP contribution in [0.5, 0.6) is 0 Å². The predicted molar refractivity (Wildman–Crippen MR) is 85.3 cm³/mol. The fourth-order valence-corrected chi connectivity index (χ4v) is 2.94. The van der Waals surface area contributed by atoms with Gasteiger partial charge >= 0.3 is 6.09 Å². The van der Waals surface area contributed by atoms with Crippen molar-refractivity contribution in [1.82, 2.24) is 5.32 Å². The van der Waals surface area contributed by atoms with Gasteiger partial charge in [0.2, 0.25) is 0 Å². The molecule has 0 heterocycles. The Morgan fingerprint density at radius 3 is 2.68 bits per heavy atom. The molecule has 0 saturated heterocycles. The third-order valence-electron chi connectivity index (χ3n) is 4.94. The molecule has 1 aromatic carbocycles. The molecule has 4 heteroatoms. The van der Waals surface area contributed by atoms with Crippen LogP contribution < -0.4 is 5.32 Å². The number of alkyl carbamates (subject to hydrolysis) is 1. The molecule has 2 rings (SSSR count). The topological polar surface area (TPSA) is 55.4 Å². The van der Waals surface area contributed by atoms with E-state index in [1.807, 2.05) is 30.3 Å². The van der Waals surface area contributed by atoms with Crippen molar-refractivity contribution >= 4 is 11.9 Å². The summed E-state index contributed by atoms with van der Waals surface area (Å²) < 4.78 is 5.18. The van der Waals surface area contributed by atoms with Gasteiger partial charge in [0, 0.05) is 18.9 Å². The maximum absolute atomic E-state index is 12.1. The number of nitrogens with one attached hydrogen (secondary N) is 1. The third kappa shape index (κ3) is 4.09. The average Bonchev–Trinajstić information content (AvgIpc) is 2.51. The van der Waals surface area contributed by atoms with Crippen LogP contribution in [0.3, 0.4) is 0 Å². The van der Waals surface area contributed by atoms with Gasteiger partial charge in [-0.25, -0.2) is 4.79 Å². The maximum atomic E-state index is 12.1. The van der Waals surface area contributed by atoms with Crippen LogP contribution in [0, 0.1) is 17.3 Å². The summed E-state index contributed by atoms with van der Waals surface area (Å²) >= 11 is 0. The van der Waals surface area contributed by atoms with Crippen LogP contribution >= 0.6 is 0 Å². The molecule has 1 amide bonds. The van der Waals surface area contributed by atoms with Crippen molar-refractivity contribution in [2.45, 2.75) is 40.2 Å². The summed E-state index contributed by atoms with van der Waals surface area (Å²) in [6, 6.07) is 9.54. The molecule has 0 aliphatic heterocycles. The van der Waals surface area contributed by atoms with E-state index >= 15 is 0 Å². The fourth-order valence-electron chi connectivity index (χ4n) is 2.94. The molecule has 2 atom stereocenters. The van der Waals surface area contributed by atoms with Gasteiger partial charge in [-0.15, -0.1) is 0 Å². The van der Waals surface area contributed by atoms with E-state index in [-0.39, 0.29) is 29.6 Å². The van der Waals surface area contributed by atoms with Gasteiger partial charge in [-0.1, -0.05) is 51.1 Å². The highest BCUT2D eigenvalue weighted by Crippen LogP contribution is 2.41. The number of amides is 1. The number of ether oxygens (including phenoxy) is 1.